The van der Waals surface area contributed by atoms with Gasteiger partial charge in [-0.25, -0.2) is 0 Å². The molecule has 0 spiro atoms. The van der Waals surface area contributed by atoms with Crippen LogP contribution in [0, 0.1) is 18.3 Å². The van der Waals surface area contributed by atoms with Crippen LogP contribution in [0.2, 0.25) is 0 Å². The fraction of sp³-hybridized carbons (Fsp3) is 0.571. The van der Waals surface area contributed by atoms with Gasteiger partial charge in [0.05, 0.1) is 13.2 Å². The molecule has 1 N–H and O–H groups in total. The van der Waals surface area contributed by atoms with Crippen molar-refractivity contribution in [1.29, 1.82) is 0 Å². The number of aliphatic hydroxyl groups is 1. The molecule has 0 saturated heterocycles. The molecule has 0 heterocycles. The molecule has 2 heteroatoms. The van der Waals surface area contributed by atoms with Crippen LogP contribution in [0.4, 0.5) is 0 Å². The van der Waals surface area contributed by atoms with E-state index in [9.17, 15) is 5.11 Å². The third kappa shape index (κ3) is 1.94. The van der Waals surface area contributed by atoms with Gasteiger partial charge in [-0.1, -0.05) is 19.9 Å². The van der Waals surface area contributed by atoms with E-state index in [0.717, 1.165) is 23.3 Å². The number of hydrogen-bond acceptors (Lipinski definition) is 2. The monoisotopic (exact) mass is 220 g/mol. The molecule has 0 amide bonds. The summed E-state index contributed by atoms with van der Waals surface area (Å²) in [5.41, 5.74) is 2.44. The highest BCUT2D eigenvalue weighted by atomic mass is 16.5. The van der Waals surface area contributed by atoms with Gasteiger partial charge in [0.2, 0.25) is 0 Å². The van der Waals surface area contributed by atoms with Crippen molar-refractivity contribution in [1.82, 2.24) is 0 Å². The average molecular weight is 220 g/mol. The predicted molar refractivity (Wildman–Crippen MR) is 64.6 cm³/mol. The third-order valence-corrected chi connectivity index (χ3v) is 3.77. The maximum absolute atomic E-state index is 10.3. The first-order valence-electron chi connectivity index (χ1n) is 5.78. The lowest BCUT2D eigenvalue weighted by Crippen LogP contribution is -2.06. The van der Waals surface area contributed by atoms with E-state index in [1.807, 2.05) is 25.1 Å². The SMILES string of the molecule is COc1ccc(C(O)C2CC2(C)C)c(C)c1. The Hall–Kier alpha value is -1.02. The van der Waals surface area contributed by atoms with E-state index in [1.165, 1.54) is 0 Å². The number of aryl methyl sites for hydroxylation is 1. The van der Waals surface area contributed by atoms with Crippen LogP contribution in [0.1, 0.15) is 37.5 Å². The number of hydrogen-bond donors (Lipinski definition) is 1. The second-order valence-corrected chi connectivity index (χ2v) is 5.47. The molecule has 0 radical (unpaired) electrons. The second-order valence-electron chi connectivity index (χ2n) is 5.47. The number of aliphatic hydroxyl groups excluding tert-OH is 1. The van der Waals surface area contributed by atoms with Crippen molar-refractivity contribution in [3.05, 3.63) is 29.3 Å². The summed E-state index contributed by atoms with van der Waals surface area (Å²) < 4.78 is 5.17. The molecular formula is C14H20O2. The summed E-state index contributed by atoms with van der Waals surface area (Å²) in [4.78, 5) is 0. The molecule has 1 aliphatic rings. The molecule has 1 fully saturated rings. The van der Waals surface area contributed by atoms with Crippen LogP contribution in [-0.2, 0) is 0 Å². The molecule has 0 aliphatic heterocycles. The van der Waals surface area contributed by atoms with Crippen molar-refractivity contribution < 1.29 is 9.84 Å². The van der Waals surface area contributed by atoms with Crippen molar-refractivity contribution in [3.63, 3.8) is 0 Å². The van der Waals surface area contributed by atoms with Gasteiger partial charge >= 0.3 is 0 Å². The number of rotatable bonds is 3. The average Bonchev–Trinajstić information content (AvgIpc) is 2.86. The molecular weight excluding hydrogens is 200 g/mol. The molecule has 16 heavy (non-hydrogen) atoms. The normalized spacial score (nSPS) is 23.9. The Balaban J connectivity index is 2.21. The minimum Gasteiger partial charge on any atom is -0.497 e. The maximum atomic E-state index is 10.3. The van der Waals surface area contributed by atoms with Crippen LogP contribution in [0.5, 0.6) is 5.75 Å². The van der Waals surface area contributed by atoms with Crippen molar-refractivity contribution in [3.8, 4) is 5.75 Å². The van der Waals surface area contributed by atoms with E-state index in [2.05, 4.69) is 13.8 Å². The van der Waals surface area contributed by atoms with Crippen LogP contribution >= 0.6 is 0 Å². The molecule has 2 atom stereocenters. The van der Waals surface area contributed by atoms with Crippen molar-refractivity contribution in [2.45, 2.75) is 33.3 Å². The molecule has 88 valence electrons. The van der Waals surface area contributed by atoms with Gasteiger partial charge in [0.15, 0.2) is 0 Å². The summed E-state index contributed by atoms with van der Waals surface area (Å²) in [6.45, 7) is 6.44. The first-order chi connectivity index (χ1) is 7.45. The Labute approximate surface area is 97.3 Å². The van der Waals surface area contributed by atoms with Crippen LogP contribution in [-0.4, -0.2) is 12.2 Å². The van der Waals surface area contributed by atoms with Gasteiger partial charge in [-0.3, -0.25) is 0 Å². The minimum absolute atomic E-state index is 0.297. The lowest BCUT2D eigenvalue weighted by molar-refractivity contribution is 0.137. The molecule has 2 unspecified atom stereocenters. The molecule has 1 aromatic rings. The molecule has 1 aliphatic carbocycles. The molecule has 0 bridgehead atoms. The van der Waals surface area contributed by atoms with E-state index in [4.69, 9.17) is 4.74 Å². The van der Waals surface area contributed by atoms with E-state index in [0.29, 0.717) is 11.3 Å². The fourth-order valence-electron chi connectivity index (χ4n) is 2.37. The van der Waals surface area contributed by atoms with E-state index in [1.54, 1.807) is 7.11 Å². The van der Waals surface area contributed by atoms with Gasteiger partial charge in [0.1, 0.15) is 5.75 Å². The summed E-state index contributed by atoms with van der Waals surface area (Å²) in [7, 11) is 1.66. The summed E-state index contributed by atoms with van der Waals surface area (Å²) in [6, 6.07) is 5.88. The highest BCUT2D eigenvalue weighted by molar-refractivity contribution is 5.37. The number of methoxy groups -OCH3 is 1. The van der Waals surface area contributed by atoms with Gasteiger partial charge in [-0.05, 0) is 47.9 Å². The molecule has 2 rings (SSSR count). The lowest BCUT2D eigenvalue weighted by atomic mass is 9.96. The van der Waals surface area contributed by atoms with Crippen LogP contribution < -0.4 is 4.74 Å². The zero-order valence-corrected chi connectivity index (χ0v) is 10.4. The lowest BCUT2D eigenvalue weighted by Gasteiger charge is -2.16. The summed E-state index contributed by atoms with van der Waals surface area (Å²) in [6.07, 6.45) is 0.778. The van der Waals surface area contributed by atoms with Crippen molar-refractivity contribution >= 4 is 0 Å². The summed E-state index contributed by atoms with van der Waals surface area (Å²) in [5, 5.41) is 10.3. The highest BCUT2D eigenvalue weighted by Gasteiger charge is 2.50. The molecule has 1 aromatic carbocycles. The summed E-state index contributed by atoms with van der Waals surface area (Å²) in [5.74, 6) is 1.25. The first-order valence-corrected chi connectivity index (χ1v) is 5.78. The Morgan fingerprint density at radius 3 is 2.50 bits per heavy atom. The van der Waals surface area contributed by atoms with E-state index < -0.39 is 0 Å². The zero-order valence-electron chi connectivity index (χ0n) is 10.4. The number of ether oxygens (including phenoxy) is 1. The second kappa shape index (κ2) is 3.77. The highest BCUT2D eigenvalue weighted by Crippen LogP contribution is 2.58. The fourth-order valence-corrected chi connectivity index (χ4v) is 2.37. The first kappa shape index (κ1) is 11.5. The number of benzene rings is 1. The quantitative estimate of drug-likeness (QED) is 0.848. The Morgan fingerprint density at radius 2 is 2.06 bits per heavy atom. The predicted octanol–water partition coefficient (Wildman–Crippen LogP) is 3.08. The Morgan fingerprint density at radius 1 is 1.44 bits per heavy atom. The van der Waals surface area contributed by atoms with Gasteiger partial charge in [0, 0.05) is 0 Å². The molecule has 0 aromatic heterocycles. The maximum Gasteiger partial charge on any atom is 0.119 e. The van der Waals surface area contributed by atoms with Crippen LogP contribution in [0.15, 0.2) is 18.2 Å². The minimum atomic E-state index is -0.332. The van der Waals surface area contributed by atoms with Crippen LogP contribution in [0.25, 0.3) is 0 Å². The van der Waals surface area contributed by atoms with E-state index in [-0.39, 0.29) is 6.10 Å². The van der Waals surface area contributed by atoms with Gasteiger partial charge in [-0.2, -0.15) is 0 Å². The topological polar surface area (TPSA) is 29.5 Å². The summed E-state index contributed by atoms with van der Waals surface area (Å²) >= 11 is 0. The van der Waals surface area contributed by atoms with Gasteiger partial charge < -0.3 is 9.84 Å². The van der Waals surface area contributed by atoms with Gasteiger partial charge in [-0.15, -0.1) is 0 Å². The standard InChI is InChI=1S/C14H20O2/c1-9-7-10(16-4)5-6-11(9)13(15)12-8-14(12,2)3/h5-7,12-13,15H,8H2,1-4H3. The third-order valence-electron chi connectivity index (χ3n) is 3.77. The molecule has 1 saturated carbocycles. The van der Waals surface area contributed by atoms with Gasteiger partial charge in [0.25, 0.3) is 0 Å². The van der Waals surface area contributed by atoms with E-state index >= 15 is 0 Å². The Kier molecular flexibility index (Phi) is 2.70. The smallest absolute Gasteiger partial charge is 0.119 e. The zero-order chi connectivity index (χ0) is 11.9. The molecule has 2 nitrogen and oxygen atoms in total. The van der Waals surface area contributed by atoms with Crippen molar-refractivity contribution in [2.75, 3.05) is 7.11 Å². The largest absolute Gasteiger partial charge is 0.497 e. The van der Waals surface area contributed by atoms with Crippen molar-refractivity contribution in [2.24, 2.45) is 11.3 Å². The Bertz CT molecular complexity index is 396. The van der Waals surface area contributed by atoms with Crippen LogP contribution in [0.3, 0.4) is 0 Å².